The van der Waals surface area contributed by atoms with E-state index in [1.54, 1.807) is 12.1 Å². The number of carbonyl (C=O) groups excluding carboxylic acids is 1. The molecule has 4 rings (SSSR count). The van der Waals surface area contributed by atoms with E-state index in [0.29, 0.717) is 57.5 Å². The molecule has 2 aromatic rings. The largest absolute Gasteiger partial charge is 0.337 e. The Morgan fingerprint density at radius 3 is 2.20 bits per heavy atom. The molecule has 1 aromatic carbocycles. The van der Waals surface area contributed by atoms with Crippen LogP contribution >= 0.6 is 0 Å². The second kappa shape index (κ2) is 10.5. The summed E-state index contributed by atoms with van der Waals surface area (Å²) in [5.74, 6) is -2.12. The maximum Gasteiger partial charge on any atom is 0.319 e. The molecule has 35 heavy (non-hydrogen) atoms. The fourth-order valence-corrected chi connectivity index (χ4v) is 6.71. The summed E-state index contributed by atoms with van der Waals surface area (Å²) < 4.78 is 56.5. The summed E-state index contributed by atoms with van der Waals surface area (Å²) in [7, 11) is -4.29. The highest BCUT2D eigenvalue weighted by molar-refractivity contribution is 7.89. The van der Waals surface area contributed by atoms with Crippen LogP contribution in [0, 0.1) is 25.5 Å². The Balaban J connectivity index is 1.29. The first-order chi connectivity index (χ1) is 16.6. The van der Waals surface area contributed by atoms with Gasteiger partial charge in [0.25, 0.3) is 0 Å². The first-order valence-electron chi connectivity index (χ1n) is 11.8. The number of likely N-dealkylation sites (tertiary alicyclic amines) is 1. The topological polar surface area (TPSA) is 94.6 Å². The van der Waals surface area contributed by atoms with Crippen LogP contribution in [0.5, 0.6) is 0 Å². The van der Waals surface area contributed by atoms with Crippen molar-refractivity contribution in [2.24, 2.45) is 0 Å². The molecule has 2 heterocycles. The third-order valence-corrected chi connectivity index (χ3v) is 8.39. The highest BCUT2D eigenvalue weighted by atomic mass is 32.2. The summed E-state index contributed by atoms with van der Waals surface area (Å²) in [6.07, 6.45) is 2.53. The average molecular weight is 508 g/mol. The van der Waals surface area contributed by atoms with Crippen molar-refractivity contribution in [1.82, 2.24) is 19.5 Å². The van der Waals surface area contributed by atoms with Gasteiger partial charge in [0.15, 0.2) is 4.90 Å². The summed E-state index contributed by atoms with van der Waals surface area (Å²) in [6.45, 7) is 6.05. The van der Waals surface area contributed by atoms with Gasteiger partial charge in [0, 0.05) is 42.2 Å². The van der Waals surface area contributed by atoms with E-state index in [1.807, 2.05) is 13.8 Å². The molecule has 1 saturated carbocycles. The number of carbonyl (C=O) groups is 1. The lowest BCUT2D eigenvalue weighted by Crippen LogP contribution is -2.49. The fourth-order valence-electron chi connectivity index (χ4n) is 4.66. The van der Waals surface area contributed by atoms with E-state index in [0.717, 1.165) is 29.6 Å². The Morgan fingerprint density at radius 1 is 1.06 bits per heavy atom. The molecule has 0 unspecified atom stereocenters. The molecule has 1 saturated heterocycles. The molecule has 2 amide bonds. The first-order valence-corrected chi connectivity index (χ1v) is 13.3. The molecule has 1 aromatic heterocycles. The molecule has 2 fully saturated rings. The maximum atomic E-state index is 14.3. The van der Waals surface area contributed by atoms with Crippen molar-refractivity contribution >= 4 is 21.7 Å². The van der Waals surface area contributed by atoms with Crippen LogP contribution in [0.2, 0.25) is 0 Å². The third-order valence-electron chi connectivity index (χ3n) is 6.33. The molecular formula is C24H31F2N5O3S. The van der Waals surface area contributed by atoms with Gasteiger partial charge in [-0.3, -0.25) is 4.98 Å². The van der Waals surface area contributed by atoms with Crippen LogP contribution in [0.3, 0.4) is 0 Å². The Morgan fingerprint density at radius 2 is 1.63 bits per heavy atom. The molecule has 8 nitrogen and oxygen atoms in total. The lowest BCUT2D eigenvalue weighted by Gasteiger charge is -2.38. The summed E-state index contributed by atoms with van der Waals surface area (Å²) in [5.41, 5.74) is 2.33. The van der Waals surface area contributed by atoms with Crippen LogP contribution in [-0.2, 0) is 10.0 Å². The zero-order valence-corrected chi connectivity index (χ0v) is 20.7. The number of rotatable bonds is 8. The number of anilines is 1. The van der Waals surface area contributed by atoms with E-state index < -0.39 is 26.6 Å². The zero-order chi connectivity index (χ0) is 25.2. The minimum absolute atomic E-state index is 0.207. The SMILES string of the molecule is Cc1cc(NC(=O)NCCN2CCC(N(C3CC3)S(=O)(=O)c3c(F)cccc3F)CC2)cc(C)n1. The van der Waals surface area contributed by atoms with Crippen molar-refractivity contribution in [3.05, 3.63) is 53.4 Å². The van der Waals surface area contributed by atoms with E-state index in [9.17, 15) is 22.0 Å². The van der Waals surface area contributed by atoms with Crippen LogP contribution in [0.15, 0.2) is 35.2 Å². The number of hydrogen-bond acceptors (Lipinski definition) is 5. The van der Waals surface area contributed by atoms with E-state index >= 15 is 0 Å². The van der Waals surface area contributed by atoms with E-state index in [-0.39, 0.29) is 18.1 Å². The molecule has 1 aliphatic carbocycles. The van der Waals surface area contributed by atoms with Gasteiger partial charge in [0.2, 0.25) is 10.0 Å². The van der Waals surface area contributed by atoms with Gasteiger partial charge >= 0.3 is 6.03 Å². The van der Waals surface area contributed by atoms with Crippen molar-refractivity contribution in [2.45, 2.75) is 56.5 Å². The molecule has 2 aliphatic rings. The zero-order valence-electron chi connectivity index (χ0n) is 19.9. The second-order valence-corrected chi connectivity index (χ2v) is 11.0. The molecule has 2 N–H and O–H groups in total. The van der Waals surface area contributed by atoms with Gasteiger partial charge in [0.1, 0.15) is 11.6 Å². The second-order valence-electron chi connectivity index (χ2n) is 9.21. The van der Waals surface area contributed by atoms with Gasteiger partial charge < -0.3 is 15.5 Å². The average Bonchev–Trinajstić information content (AvgIpc) is 3.58. The number of pyridine rings is 1. The smallest absolute Gasteiger partial charge is 0.319 e. The molecule has 0 radical (unpaired) electrons. The number of aromatic nitrogens is 1. The Bertz CT molecular complexity index is 1140. The standard InChI is InChI=1S/C24H31F2N5O3S/c1-16-14-18(15-17(2)28-16)29-24(32)27-10-13-30-11-8-20(9-12-30)31(19-6-7-19)35(33,34)23-21(25)4-3-5-22(23)26/h3-5,14-15,19-20H,6-13H2,1-2H3,(H2,27,28,29,32). The molecular weight excluding hydrogens is 476 g/mol. The summed E-state index contributed by atoms with van der Waals surface area (Å²) in [5, 5.41) is 5.64. The molecule has 1 aliphatic heterocycles. The van der Waals surface area contributed by atoms with Gasteiger partial charge in [-0.25, -0.2) is 22.0 Å². The van der Waals surface area contributed by atoms with Crippen LogP contribution in [-0.4, -0.2) is 66.9 Å². The number of halogens is 2. The summed E-state index contributed by atoms with van der Waals surface area (Å²) in [4.78, 5) is 17.8. The Hall–Kier alpha value is -2.63. The number of sulfonamides is 1. The van der Waals surface area contributed by atoms with E-state index in [2.05, 4.69) is 20.5 Å². The number of nitrogens with one attached hydrogen (secondary N) is 2. The number of amides is 2. The summed E-state index contributed by atoms with van der Waals surface area (Å²) >= 11 is 0. The molecule has 11 heteroatoms. The van der Waals surface area contributed by atoms with E-state index in [1.165, 1.54) is 4.31 Å². The van der Waals surface area contributed by atoms with Gasteiger partial charge in [-0.2, -0.15) is 4.31 Å². The van der Waals surface area contributed by atoms with Crippen LogP contribution < -0.4 is 10.6 Å². The Labute approximate surface area is 204 Å². The lowest BCUT2D eigenvalue weighted by molar-refractivity contribution is 0.156. The first kappa shape index (κ1) is 25.5. The number of benzene rings is 1. The highest BCUT2D eigenvalue weighted by Gasteiger charge is 2.45. The maximum absolute atomic E-state index is 14.3. The predicted molar refractivity (Wildman–Crippen MR) is 129 cm³/mol. The molecule has 0 bridgehead atoms. The van der Waals surface area contributed by atoms with Gasteiger partial charge in [-0.15, -0.1) is 0 Å². The summed E-state index contributed by atoms with van der Waals surface area (Å²) in [6, 6.07) is 5.89. The van der Waals surface area contributed by atoms with Crippen molar-refractivity contribution in [1.29, 1.82) is 0 Å². The quantitative estimate of drug-likeness (QED) is 0.571. The van der Waals surface area contributed by atoms with Crippen LogP contribution in [0.1, 0.15) is 37.1 Å². The number of piperidine rings is 1. The molecule has 190 valence electrons. The molecule has 0 atom stereocenters. The third kappa shape index (κ3) is 6.14. The van der Waals surface area contributed by atoms with Crippen molar-refractivity contribution in [3.8, 4) is 0 Å². The van der Waals surface area contributed by atoms with E-state index in [4.69, 9.17) is 0 Å². The fraction of sp³-hybridized carbons (Fsp3) is 0.500. The Kier molecular flexibility index (Phi) is 7.67. The number of nitrogens with zero attached hydrogens (tertiary/aromatic N) is 3. The van der Waals surface area contributed by atoms with Gasteiger partial charge in [0.05, 0.1) is 0 Å². The van der Waals surface area contributed by atoms with Gasteiger partial charge in [-0.05, 0) is 76.9 Å². The van der Waals surface area contributed by atoms with Crippen LogP contribution in [0.4, 0.5) is 19.3 Å². The van der Waals surface area contributed by atoms with Crippen molar-refractivity contribution < 1.29 is 22.0 Å². The minimum atomic E-state index is -4.29. The number of hydrogen-bond donors (Lipinski definition) is 2. The van der Waals surface area contributed by atoms with Gasteiger partial charge in [-0.1, -0.05) is 6.07 Å². The molecule has 0 spiro atoms. The monoisotopic (exact) mass is 507 g/mol. The normalized spacial score (nSPS) is 17.5. The van der Waals surface area contributed by atoms with Crippen molar-refractivity contribution in [3.63, 3.8) is 0 Å². The van der Waals surface area contributed by atoms with Crippen molar-refractivity contribution in [2.75, 3.05) is 31.5 Å². The predicted octanol–water partition coefficient (Wildman–Crippen LogP) is 3.42. The van der Waals surface area contributed by atoms with Crippen LogP contribution in [0.25, 0.3) is 0 Å². The number of aryl methyl sites for hydroxylation is 2. The number of urea groups is 1. The highest BCUT2D eigenvalue weighted by Crippen LogP contribution is 2.37. The minimum Gasteiger partial charge on any atom is -0.337 e. The lowest BCUT2D eigenvalue weighted by atomic mass is 10.0.